The molecule has 0 aliphatic carbocycles. The molecule has 1 fully saturated rings. The first kappa shape index (κ1) is 27.2. The van der Waals surface area contributed by atoms with Gasteiger partial charge in [-0.15, -0.1) is 0 Å². The smallest absolute Gasteiger partial charge is 0.345 e. The zero-order valence-electron chi connectivity index (χ0n) is 18.3. The third-order valence-electron chi connectivity index (χ3n) is 5.00. The number of amides is 1. The number of carbonyl (C=O) groups excluding carboxylic acids is 2. The summed E-state index contributed by atoms with van der Waals surface area (Å²) >= 11 is 11.6. The number of halogens is 5. The van der Waals surface area contributed by atoms with Crippen LogP contribution in [0, 0.1) is 6.92 Å². The molecule has 2 aromatic rings. The minimum atomic E-state index is -4.86. The highest BCUT2D eigenvalue weighted by Crippen LogP contribution is 2.36. The van der Waals surface area contributed by atoms with Gasteiger partial charge in [0.15, 0.2) is 5.78 Å². The highest BCUT2D eigenvalue weighted by molar-refractivity contribution is 7.88. The topological polar surface area (TPSA) is 92.8 Å². The molecule has 1 atom stereocenters. The Morgan fingerprint density at radius 3 is 2.26 bits per heavy atom. The molecule has 35 heavy (non-hydrogen) atoms. The zero-order valence-corrected chi connectivity index (χ0v) is 20.6. The Bertz CT molecular complexity index is 1290. The van der Waals surface area contributed by atoms with Crippen LogP contribution in [-0.4, -0.2) is 56.2 Å². The highest BCUT2D eigenvalue weighted by Gasteiger charge is 2.36. The standard InChI is InChI=1S/C22H19Cl2F3N2O5S/c1-12-5-13(3-4-18(12)21(31)28-17-10-29(34-11-17)35(2,32)33)20(30)9-19(22(25,26)27)14-6-15(23)8-16(24)7-14/h3-9,17H,10-11H2,1-2H3,(H,28,31). The summed E-state index contributed by atoms with van der Waals surface area (Å²) in [5.41, 5.74) is -1.15. The summed E-state index contributed by atoms with van der Waals surface area (Å²) in [5.74, 6) is -1.48. The normalized spacial score (nSPS) is 17.5. The minimum Gasteiger partial charge on any atom is -0.345 e. The molecule has 0 bridgehead atoms. The molecule has 0 aromatic heterocycles. The van der Waals surface area contributed by atoms with Gasteiger partial charge in [-0.25, -0.2) is 8.42 Å². The van der Waals surface area contributed by atoms with Crippen LogP contribution in [0.25, 0.3) is 5.57 Å². The number of sulfonamides is 1. The number of rotatable bonds is 6. The van der Waals surface area contributed by atoms with Crippen LogP contribution in [0.3, 0.4) is 0 Å². The van der Waals surface area contributed by atoms with Crippen molar-refractivity contribution in [1.82, 2.24) is 9.79 Å². The summed E-state index contributed by atoms with van der Waals surface area (Å²) in [5, 5.41) is 2.59. The maximum absolute atomic E-state index is 13.7. The SMILES string of the molecule is Cc1cc(C(=O)C=C(c2cc(Cl)cc(Cl)c2)C(F)(F)F)ccc1C(=O)NC1CON(S(C)(=O)=O)C1. The summed E-state index contributed by atoms with van der Waals surface area (Å²) in [6.07, 6.45) is -3.44. The van der Waals surface area contributed by atoms with E-state index in [2.05, 4.69) is 5.32 Å². The second kappa shape index (κ2) is 10.3. The maximum atomic E-state index is 13.7. The van der Waals surface area contributed by atoms with Gasteiger partial charge in [-0.05, 0) is 54.5 Å². The lowest BCUT2D eigenvalue weighted by atomic mass is 9.98. The van der Waals surface area contributed by atoms with Gasteiger partial charge in [-0.1, -0.05) is 33.7 Å². The maximum Gasteiger partial charge on any atom is 0.417 e. The average Bonchev–Trinajstić information content (AvgIpc) is 3.19. The van der Waals surface area contributed by atoms with Crippen molar-refractivity contribution < 1.29 is 36.0 Å². The van der Waals surface area contributed by atoms with Crippen molar-refractivity contribution in [1.29, 1.82) is 0 Å². The number of benzene rings is 2. The van der Waals surface area contributed by atoms with Crippen molar-refractivity contribution in [2.24, 2.45) is 0 Å². The van der Waals surface area contributed by atoms with E-state index in [4.69, 9.17) is 28.0 Å². The molecular weight excluding hydrogens is 532 g/mol. The van der Waals surface area contributed by atoms with Crippen molar-refractivity contribution in [3.63, 3.8) is 0 Å². The van der Waals surface area contributed by atoms with Crippen LogP contribution >= 0.6 is 23.2 Å². The molecule has 1 aliphatic rings. The van der Waals surface area contributed by atoms with E-state index in [9.17, 15) is 31.2 Å². The third kappa shape index (κ3) is 6.83. The fourth-order valence-electron chi connectivity index (χ4n) is 3.36. The highest BCUT2D eigenvalue weighted by atomic mass is 35.5. The van der Waals surface area contributed by atoms with Gasteiger partial charge in [-0.2, -0.15) is 13.2 Å². The summed E-state index contributed by atoms with van der Waals surface area (Å²) in [4.78, 5) is 30.3. The lowest BCUT2D eigenvalue weighted by Crippen LogP contribution is -2.39. The summed E-state index contributed by atoms with van der Waals surface area (Å²) < 4.78 is 64.8. The predicted molar refractivity (Wildman–Crippen MR) is 125 cm³/mol. The molecule has 188 valence electrons. The van der Waals surface area contributed by atoms with Crippen LogP contribution in [-0.2, 0) is 14.9 Å². The Balaban J connectivity index is 1.82. The molecule has 1 saturated heterocycles. The van der Waals surface area contributed by atoms with Crippen LogP contribution in [0.1, 0.15) is 31.8 Å². The van der Waals surface area contributed by atoms with Crippen LogP contribution in [0.15, 0.2) is 42.5 Å². The molecule has 1 aliphatic heterocycles. The van der Waals surface area contributed by atoms with Crippen molar-refractivity contribution in [2.75, 3.05) is 19.4 Å². The van der Waals surface area contributed by atoms with E-state index in [1.54, 1.807) is 0 Å². The number of hydrogen-bond donors (Lipinski definition) is 1. The minimum absolute atomic E-state index is 0.0198. The molecule has 1 unspecified atom stereocenters. The van der Waals surface area contributed by atoms with Crippen LogP contribution in [0.4, 0.5) is 13.2 Å². The van der Waals surface area contributed by atoms with E-state index in [1.807, 2.05) is 0 Å². The molecule has 1 heterocycles. The summed E-state index contributed by atoms with van der Waals surface area (Å²) in [6.45, 7) is 1.40. The van der Waals surface area contributed by atoms with Gasteiger partial charge in [-0.3, -0.25) is 14.4 Å². The molecule has 1 N–H and O–H groups in total. The number of ketones is 1. The number of aryl methyl sites for hydroxylation is 1. The number of alkyl halides is 3. The first-order valence-electron chi connectivity index (χ1n) is 9.97. The Labute approximate surface area is 209 Å². The Hall–Kier alpha value is -2.44. The van der Waals surface area contributed by atoms with E-state index in [1.165, 1.54) is 31.2 Å². The Kier molecular flexibility index (Phi) is 7.97. The van der Waals surface area contributed by atoms with E-state index < -0.39 is 39.5 Å². The number of nitrogens with one attached hydrogen (secondary N) is 1. The van der Waals surface area contributed by atoms with Gasteiger partial charge in [0.25, 0.3) is 5.91 Å². The van der Waals surface area contributed by atoms with E-state index >= 15 is 0 Å². The number of carbonyl (C=O) groups is 2. The third-order valence-corrected chi connectivity index (χ3v) is 6.43. The Morgan fingerprint density at radius 2 is 1.74 bits per heavy atom. The van der Waals surface area contributed by atoms with Gasteiger partial charge in [0.1, 0.15) is 0 Å². The molecule has 0 spiro atoms. The zero-order chi connectivity index (χ0) is 26.1. The molecule has 1 amide bonds. The molecule has 0 saturated carbocycles. The predicted octanol–water partition coefficient (Wildman–Crippen LogP) is 4.44. The fourth-order valence-corrected chi connectivity index (χ4v) is 4.59. The first-order valence-corrected chi connectivity index (χ1v) is 12.6. The quantitative estimate of drug-likeness (QED) is 0.424. The number of hydroxylamine groups is 1. The molecule has 13 heteroatoms. The number of nitrogens with zero attached hydrogens (tertiary/aromatic N) is 1. The molecule has 3 rings (SSSR count). The average molecular weight is 551 g/mol. The summed E-state index contributed by atoms with van der Waals surface area (Å²) in [6, 6.07) is 6.60. The van der Waals surface area contributed by atoms with Gasteiger partial charge in [0.2, 0.25) is 10.0 Å². The van der Waals surface area contributed by atoms with Crippen LogP contribution in [0.2, 0.25) is 10.0 Å². The lowest BCUT2D eigenvalue weighted by molar-refractivity contribution is -0.0689. The van der Waals surface area contributed by atoms with Crippen LogP contribution in [0.5, 0.6) is 0 Å². The molecule has 0 radical (unpaired) electrons. The summed E-state index contributed by atoms with van der Waals surface area (Å²) in [7, 11) is -3.58. The van der Waals surface area contributed by atoms with E-state index in [0.29, 0.717) is 11.6 Å². The fraction of sp³-hybridized carbons (Fsp3) is 0.273. The number of allylic oxidation sites excluding steroid dienone is 2. The van der Waals surface area contributed by atoms with E-state index in [-0.39, 0.29) is 39.9 Å². The van der Waals surface area contributed by atoms with Gasteiger partial charge >= 0.3 is 6.18 Å². The first-order chi connectivity index (χ1) is 16.1. The molecule has 2 aromatic carbocycles. The largest absolute Gasteiger partial charge is 0.417 e. The second-order valence-electron chi connectivity index (χ2n) is 7.82. The monoisotopic (exact) mass is 550 g/mol. The van der Waals surface area contributed by atoms with Crippen LogP contribution < -0.4 is 5.32 Å². The van der Waals surface area contributed by atoms with Gasteiger partial charge < -0.3 is 5.32 Å². The van der Waals surface area contributed by atoms with Gasteiger partial charge in [0, 0.05) is 21.2 Å². The molecule has 7 nitrogen and oxygen atoms in total. The van der Waals surface area contributed by atoms with E-state index in [0.717, 1.165) is 22.9 Å². The number of hydrogen-bond acceptors (Lipinski definition) is 5. The second-order valence-corrected chi connectivity index (χ2v) is 10.6. The van der Waals surface area contributed by atoms with Gasteiger partial charge in [0.05, 0.1) is 31.0 Å². The Morgan fingerprint density at radius 1 is 1.11 bits per heavy atom. The van der Waals surface area contributed by atoms with Crippen molar-refractivity contribution >= 4 is 50.5 Å². The van der Waals surface area contributed by atoms with Crippen molar-refractivity contribution in [2.45, 2.75) is 19.1 Å². The van der Waals surface area contributed by atoms with Crippen molar-refractivity contribution in [3.05, 3.63) is 74.8 Å². The van der Waals surface area contributed by atoms with Crippen molar-refractivity contribution in [3.8, 4) is 0 Å². The molecular formula is C22H19Cl2F3N2O5S. The lowest BCUT2D eigenvalue weighted by Gasteiger charge is -2.14.